The number of nitrogens with zero attached hydrogens (tertiary/aromatic N) is 1. The zero-order chi connectivity index (χ0) is 12.2. The van der Waals surface area contributed by atoms with E-state index in [1.165, 1.54) is 24.3 Å². The number of nitro benzene ring substituents is 1. The van der Waals surface area contributed by atoms with Crippen molar-refractivity contribution in [3.63, 3.8) is 0 Å². The molecule has 0 aliphatic rings. The van der Waals surface area contributed by atoms with Gasteiger partial charge in [0.05, 0.1) is 11.5 Å². The molecule has 1 rings (SSSR count). The lowest BCUT2D eigenvalue weighted by Gasteiger charge is -2.14. The Labute approximate surface area is 102 Å². The summed E-state index contributed by atoms with van der Waals surface area (Å²) in [6.07, 6.45) is 0. The molecule has 0 spiro atoms. The molecule has 0 radical (unpaired) electrons. The predicted molar refractivity (Wildman–Crippen MR) is 65.5 cm³/mol. The number of rotatable bonds is 5. The van der Waals surface area contributed by atoms with Crippen LogP contribution in [0, 0.1) is 10.1 Å². The van der Waals surface area contributed by atoms with Crippen molar-refractivity contribution < 1.29 is 14.0 Å². The summed E-state index contributed by atoms with van der Waals surface area (Å²) >= 11 is 10.7. The second-order valence-corrected chi connectivity index (χ2v) is 7.37. The van der Waals surface area contributed by atoms with Crippen LogP contribution in [-0.2, 0) is 16.3 Å². The molecule has 1 unspecified atom stereocenters. The maximum Gasteiger partial charge on any atom is 0.332 e. The van der Waals surface area contributed by atoms with Gasteiger partial charge in [0.2, 0.25) is 0 Å². The van der Waals surface area contributed by atoms with Gasteiger partial charge in [-0.05, 0) is 42.1 Å². The van der Waals surface area contributed by atoms with Crippen molar-refractivity contribution in [1.82, 2.24) is 0 Å². The third-order valence-electron chi connectivity index (χ3n) is 1.55. The molecular formula is C8H9ClNO4PS. The van der Waals surface area contributed by atoms with Crippen LogP contribution in [0.4, 0.5) is 5.69 Å². The van der Waals surface area contributed by atoms with Gasteiger partial charge in [0.15, 0.2) is 0 Å². The summed E-state index contributed by atoms with van der Waals surface area (Å²) in [4.78, 5) is 9.90. The second kappa shape index (κ2) is 5.59. The number of non-ortho nitro benzene ring substituents is 1. The Morgan fingerprint density at radius 1 is 1.50 bits per heavy atom. The Morgan fingerprint density at radius 2 is 2.06 bits per heavy atom. The van der Waals surface area contributed by atoms with Crippen molar-refractivity contribution in [2.24, 2.45) is 0 Å². The highest BCUT2D eigenvalue weighted by Crippen LogP contribution is 2.53. The molecule has 5 nitrogen and oxygen atoms in total. The van der Waals surface area contributed by atoms with Gasteiger partial charge in [-0.25, -0.2) is 0 Å². The fourth-order valence-corrected chi connectivity index (χ4v) is 2.78. The monoisotopic (exact) mass is 281 g/mol. The first kappa shape index (κ1) is 13.4. The fourth-order valence-electron chi connectivity index (χ4n) is 0.935. The second-order valence-electron chi connectivity index (χ2n) is 2.69. The minimum atomic E-state index is -2.82. The molecule has 0 fully saturated rings. The Bertz CT molecular complexity index is 425. The highest BCUT2D eigenvalue weighted by atomic mass is 35.7. The molecule has 16 heavy (non-hydrogen) atoms. The predicted octanol–water partition coefficient (Wildman–Crippen LogP) is 3.47. The fraction of sp³-hybridized carbons (Fsp3) is 0.250. The molecule has 0 aliphatic heterocycles. The number of hydrogen-bond acceptors (Lipinski definition) is 5. The first-order chi connectivity index (χ1) is 7.44. The summed E-state index contributed by atoms with van der Waals surface area (Å²) in [6.45, 7) is 2.11. The van der Waals surface area contributed by atoms with E-state index in [0.29, 0.717) is 12.4 Å². The topological polar surface area (TPSA) is 61.6 Å². The van der Waals surface area contributed by atoms with E-state index in [4.69, 9.17) is 32.1 Å². The minimum absolute atomic E-state index is 0.0216. The highest BCUT2D eigenvalue weighted by molar-refractivity contribution is 8.22. The van der Waals surface area contributed by atoms with E-state index in [2.05, 4.69) is 0 Å². The normalized spacial score (nSPS) is 14.1. The zero-order valence-electron chi connectivity index (χ0n) is 8.33. The number of halogens is 1. The molecule has 0 aromatic heterocycles. The van der Waals surface area contributed by atoms with Crippen LogP contribution >= 0.6 is 17.1 Å². The standard InChI is InChI=1S/C8H9ClNO4PS/c1-2-13-15(9,16)14-8-5-3-7(4-6-8)10(11)12/h3-6H,2H2,1H3. The minimum Gasteiger partial charge on any atom is -0.433 e. The van der Waals surface area contributed by atoms with Crippen LogP contribution in [0.2, 0.25) is 0 Å². The largest absolute Gasteiger partial charge is 0.433 e. The van der Waals surface area contributed by atoms with Gasteiger partial charge in [0, 0.05) is 12.1 Å². The molecule has 1 aromatic carbocycles. The molecule has 88 valence electrons. The third kappa shape index (κ3) is 4.06. The third-order valence-corrected chi connectivity index (χ3v) is 3.58. The smallest absolute Gasteiger partial charge is 0.332 e. The van der Waals surface area contributed by atoms with Crippen LogP contribution in [-0.4, -0.2) is 11.5 Å². The van der Waals surface area contributed by atoms with E-state index in [0.717, 1.165) is 0 Å². The molecule has 0 saturated heterocycles. The van der Waals surface area contributed by atoms with Gasteiger partial charge < -0.3 is 9.05 Å². The van der Waals surface area contributed by atoms with Gasteiger partial charge in [0.1, 0.15) is 5.75 Å². The molecule has 1 atom stereocenters. The molecule has 1 aromatic rings. The zero-order valence-corrected chi connectivity index (χ0v) is 10.8. The molecule has 0 heterocycles. The van der Waals surface area contributed by atoms with Gasteiger partial charge in [-0.3, -0.25) is 10.1 Å². The summed E-state index contributed by atoms with van der Waals surface area (Å²) < 4.78 is 10.3. The van der Waals surface area contributed by atoms with E-state index in [-0.39, 0.29) is 5.69 Å². The summed E-state index contributed by atoms with van der Waals surface area (Å²) in [7, 11) is 0. The number of nitro groups is 1. The summed E-state index contributed by atoms with van der Waals surface area (Å²) in [5, 5.41) is 10.4. The van der Waals surface area contributed by atoms with Crippen molar-refractivity contribution in [3.05, 3.63) is 34.4 Å². The first-order valence-electron chi connectivity index (χ1n) is 4.33. The molecule has 0 amide bonds. The Kier molecular flexibility index (Phi) is 4.68. The van der Waals surface area contributed by atoms with Crippen molar-refractivity contribution in [2.75, 3.05) is 6.61 Å². The van der Waals surface area contributed by atoms with Crippen LogP contribution in [0.3, 0.4) is 0 Å². The van der Waals surface area contributed by atoms with Gasteiger partial charge >= 0.3 is 5.84 Å². The number of hydrogen-bond donors (Lipinski definition) is 0. The van der Waals surface area contributed by atoms with Crippen LogP contribution < -0.4 is 4.52 Å². The van der Waals surface area contributed by atoms with E-state index < -0.39 is 10.8 Å². The molecule has 0 bridgehead atoms. The van der Waals surface area contributed by atoms with Gasteiger partial charge in [0.25, 0.3) is 5.69 Å². The Balaban J connectivity index is 2.76. The van der Waals surface area contributed by atoms with Crippen LogP contribution in [0.15, 0.2) is 24.3 Å². The quantitative estimate of drug-likeness (QED) is 0.470. The molecule has 8 heteroatoms. The maximum atomic E-state index is 10.4. The lowest BCUT2D eigenvalue weighted by atomic mass is 10.3. The van der Waals surface area contributed by atoms with Crippen LogP contribution in [0.25, 0.3) is 0 Å². The van der Waals surface area contributed by atoms with Crippen LogP contribution in [0.1, 0.15) is 6.92 Å². The lowest BCUT2D eigenvalue weighted by molar-refractivity contribution is -0.384. The van der Waals surface area contributed by atoms with Gasteiger partial charge in [-0.2, -0.15) is 0 Å². The molecule has 0 aliphatic carbocycles. The Hall–Kier alpha value is -0.680. The average Bonchev–Trinajstić information content (AvgIpc) is 2.17. The van der Waals surface area contributed by atoms with Gasteiger partial charge in [-0.15, -0.1) is 0 Å². The summed E-state index contributed by atoms with van der Waals surface area (Å²) in [6, 6.07) is 5.49. The summed E-state index contributed by atoms with van der Waals surface area (Å²) in [5.74, 6) is -2.46. The van der Waals surface area contributed by atoms with Crippen molar-refractivity contribution in [3.8, 4) is 5.75 Å². The van der Waals surface area contributed by atoms with E-state index in [1.54, 1.807) is 6.92 Å². The number of benzene rings is 1. The van der Waals surface area contributed by atoms with Crippen molar-refractivity contribution >= 4 is 34.6 Å². The summed E-state index contributed by atoms with van der Waals surface area (Å²) in [5.41, 5.74) is -0.0216. The maximum absolute atomic E-state index is 10.4. The van der Waals surface area contributed by atoms with Gasteiger partial charge in [-0.1, -0.05) is 0 Å². The molecular weight excluding hydrogens is 273 g/mol. The first-order valence-corrected chi connectivity index (χ1v) is 7.87. The SMILES string of the molecule is CCOP(=S)(Cl)Oc1ccc([N+](=O)[O-])cc1. The van der Waals surface area contributed by atoms with E-state index >= 15 is 0 Å². The lowest BCUT2D eigenvalue weighted by Crippen LogP contribution is -1.92. The highest BCUT2D eigenvalue weighted by Gasteiger charge is 2.16. The van der Waals surface area contributed by atoms with E-state index in [9.17, 15) is 10.1 Å². The molecule has 0 N–H and O–H groups in total. The average molecular weight is 282 g/mol. The van der Waals surface area contributed by atoms with E-state index in [1.807, 2.05) is 0 Å². The van der Waals surface area contributed by atoms with Crippen molar-refractivity contribution in [1.29, 1.82) is 0 Å². The van der Waals surface area contributed by atoms with Crippen molar-refractivity contribution in [2.45, 2.75) is 6.92 Å². The van der Waals surface area contributed by atoms with Crippen LogP contribution in [0.5, 0.6) is 5.75 Å². The Morgan fingerprint density at radius 3 is 2.50 bits per heavy atom. The molecule has 0 saturated carbocycles.